The molecule has 0 aliphatic rings. The third-order valence-corrected chi connectivity index (χ3v) is 4.28. The third-order valence-electron chi connectivity index (χ3n) is 4.28. The number of nitrogens with zero attached hydrogens (tertiary/aromatic N) is 3. The predicted molar refractivity (Wildman–Crippen MR) is 105 cm³/mol. The fourth-order valence-electron chi connectivity index (χ4n) is 2.82. The van der Waals surface area contributed by atoms with Crippen molar-refractivity contribution in [2.45, 2.75) is 6.54 Å². The fourth-order valence-corrected chi connectivity index (χ4v) is 2.82. The lowest BCUT2D eigenvalue weighted by atomic mass is 10.2. The van der Waals surface area contributed by atoms with Crippen molar-refractivity contribution in [2.75, 3.05) is 0 Å². The largest absolute Gasteiger partial charge is 0.439 e. The molecule has 3 heterocycles. The second-order valence-electron chi connectivity index (χ2n) is 6.24. The van der Waals surface area contributed by atoms with Gasteiger partial charge in [0, 0.05) is 31.5 Å². The quantitative estimate of drug-likeness (QED) is 0.541. The van der Waals surface area contributed by atoms with Gasteiger partial charge >= 0.3 is 0 Å². The van der Waals surface area contributed by atoms with E-state index in [2.05, 4.69) is 20.5 Å². The van der Waals surface area contributed by atoms with Crippen LogP contribution in [0.15, 0.2) is 73.1 Å². The van der Waals surface area contributed by atoms with Crippen LogP contribution in [0, 0.1) is 0 Å². The number of rotatable bonds is 6. The highest BCUT2D eigenvalue weighted by Crippen LogP contribution is 2.22. The first-order valence-electron chi connectivity index (χ1n) is 8.83. The summed E-state index contributed by atoms with van der Waals surface area (Å²) in [5.74, 6) is 0.903. The van der Waals surface area contributed by atoms with E-state index < -0.39 is 0 Å². The van der Waals surface area contributed by atoms with Crippen molar-refractivity contribution < 1.29 is 9.53 Å². The molecule has 2 N–H and O–H groups in total. The molecule has 0 bridgehead atoms. The first kappa shape index (κ1) is 17.5. The first-order valence-corrected chi connectivity index (χ1v) is 8.83. The molecule has 1 aromatic carbocycles. The Kier molecular flexibility index (Phi) is 4.88. The van der Waals surface area contributed by atoms with Crippen LogP contribution in [-0.2, 0) is 13.6 Å². The number of aromatic amines is 1. The van der Waals surface area contributed by atoms with Gasteiger partial charge in [-0.2, -0.15) is 5.10 Å². The lowest BCUT2D eigenvalue weighted by molar-refractivity contribution is 0.0945. The summed E-state index contributed by atoms with van der Waals surface area (Å²) >= 11 is 0. The van der Waals surface area contributed by atoms with Crippen LogP contribution in [0.1, 0.15) is 16.1 Å². The second-order valence-corrected chi connectivity index (χ2v) is 6.24. The van der Waals surface area contributed by atoms with Gasteiger partial charge in [-0.15, -0.1) is 0 Å². The Labute approximate surface area is 162 Å². The van der Waals surface area contributed by atoms with E-state index in [0.29, 0.717) is 23.0 Å². The minimum Gasteiger partial charge on any atom is -0.439 e. The summed E-state index contributed by atoms with van der Waals surface area (Å²) in [5, 5.41) is 9.89. The third kappa shape index (κ3) is 3.78. The Bertz CT molecular complexity index is 1080. The van der Waals surface area contributed by atoms with E-state index in [0.717, 1.165) is 11.3 Å². The fraction of sp³-hybridized carbons (Fsp3) is 0.0952. The summed E-state index contributed by atoms with van der Waals surface area (Å²) in [7, 11) is 1.93. The average molecular weight is 373 g/mol. The van der Waals surface area contributed by atoms with E-state index in [1.165, 1.54) is 0 Å². The molecule has 1 amide bonds. The SMILES string of the molecule is Cn1cccc1-c1cc(C(=O)NCc2cccnc2Oc2ccccc2)[nH]n1. The van der Waals surface area contributed by atoms with Gasteiger partial charge in [0.2, 0.25) is 5.88 Å². The number of aromatic nitrogens is 4. The molecule has 28 heavy (non-hydrogen) atoms. The number of H-pyrrole nitrogens is 1. The Morgan fingerprint density at radius 2 is 2.00 bits per heavy atom. The number of carbonyl (C=O) groups excluding carboxylic acids is 1. The Hall–Kier alpha value is -3.87. The Balaban J connectivity index is 1.44. The molecular formula is C21H19N5O2. The molecule has 7 heteroatoms. The Morgan fingerprint density at radius 3 is 2.79 bits per heavy atom. The number of ether oxygens (including phenoxy) is 1. The van der Waals surface area contributed by atoms with Crippen LogP contribution in [0.2, 0.25) is 0 Å². The second kappa shape index (κ2) is 7.79. The molecule has 0 unspecified atom stereocenters. The molecule has 0 aliphatic carbocycles. The van der Waals surface area contributed by atoms with Crippen LogP contribution in [-0.4, -0.2) is 25.7 Å². The summed E-state index contributed by atoms with van der Waals surface area (Å²) in [6.07, 6.45) is 3.59. The van der Waals surface area contributed by atoms with E-state index >= 15 is 0 Å². The van der Waals surface area contributed by atoms with Crippen molar-refractivity contribution in [3.8, 4) is 23.0 Å². The summed E-state index contributed by atoms with van der Waals surface area (Å²) in [6, 6.07) is 18.7. The molecule has 0 aliphatic heterocycles. The van der Waals surface area contributed by atoms with Gasteiger partial charge in [0.15, 0.2) is 0 Å². The summed E-state index contributed by atoms with van der Waals surface area (Å²) in [4.78, 5) is 16.8. The minimum atomic E-state index is -0.248. The van der Waals surface area contributed by atoms with Gasteiger partial charge < -0.3 is 14.6 Å². The van der Waals surface area contributed by atoms with Crippen LogP contribution >= 0.6 is 0 Å². The van der Waals surface area contributed by atoms with Crippen LogP contribution < -0.4 is 10.1 Å². The lowest BCUT2D eigenvalue weighted by Gasteiger charge is -2.10. The van der Waals surface area contributed by atoms with Crippen molar-refractivity contribution in [2.24, 2.45) is 7.05 Å². The van der Waals surface area contributed by atoms with Gasteiger partial charge in [0.25, 0.3) is 5.91 Å². The highest BCUT2D eigenvalue weighted by Gasteiger charge is 2.14. The maximum absolute atomic E-state index is 12.5. The highest BCUT2D eigenvalue weighted by molar-refractivity contribution is 5.93. The van der Waals surface area contributed by atoms with Crippen LogP contribution in [0.3, 0.4) is 0 Å². The predicted octanol–water partition coefficient (Wildman–Crippen LogP) is 3.53. The highest BCUT2D eigenvalue weighted by atomic mass is 16.5. The Morgan fingerprint density at radius 1 is 1.14 bits per heavy atom. The number of benzene rings is 1. The van der Waals surface area contributed by atoms with E-state index in [4.69, 9.17) is 4.74 Å². The number of para-hydroxylation sites is 1. The maximum atomic E-state index is 12.5. The summed E-state index contributed by atoms with van der Waals surface area (Å²) in [6.45, 7) is 0.285. The van der Waals surface area contributed by atoms with Gasteiger partial charge in [-0.1, -0.05) is 24.3 Å². The van der Waals surface area contributed by atoms with E-state index in [1.54, 1.807) is 12.3 Å². The zero-order valence-corrected chi connectivity index (χ0v) is 15.3. The number of nitrogens with one attached hydrogen (secondary N) is 2. The zero-order valence-electron chi connectivity index (χ0n) is 15.3. The van der Waals surface area contributed by atoms with Gasteiger partial charge in [-0.25, -0.2) is 4.98 Å². The van der Waals surface area contributed by atoms with Crippen molar-refractivity contribution in [3.05, 3.63) is 84.3 Å². The van der Waals surface area contributed by atoms with Crippen LogP contribution in [0.4, 0.5) is 0 Å². The molecule has 3 aromatic heterocycles. The molecule has 0 spiro atoms. The topological polar surface area (TPSA) is 84.8 Å². The van der Waals surface area contributed by atoms with Crippen molar-refractivity contribution >= 4 is 5.91 Å². The molecule has 4 aromatic rings. The molecule has 0 radical (unpaired) electrons. The number of aryl methyl sites for hydroxylation is 1. The number of pyridine rings is 1. The lowest BCUT2D eigenvalue weighted by Crippen LogP contribution is -2.23. The molecule has 0 saturated carbocycles. The monoisotopic (exact) mass is 373 g/mol. The molecule has 4 rings (SSSR count). The standard InChI is InChI=1S/C21H19N5O2/c1-26-12-6-10-19(26)17-13-18(25-24-17)20(27)23-14-15-7-5-11-22-21(15)28-16-8-3-2-4-9-16/h2-13H,14H2,1H3,(H,23,27)(H,24,25). The number of amides is 1. The molecule has 140 valence electrons. The molecular weight excluding hydrogens is 354 g/mol. The average Bonchev–Trinajstić information content (AvgIpc) is 3.37. The van der Waals surface area contributed by atoms with Crippen LogP contribution in [0.5, 0.6) is 11.6 Å². The zero-order chi connectivity index (χ0) is 19.3. The number of hydrogen-bond donors (Lipinski definition) is 2. The number of carbonyl (C=O) groups is 1. The minimum absolute atomic E-state index is 0.248. The molecule has 7 nitrogen and oxygen atoms in total. The van der Waals surface area contributed by atoms with Crippen molar-refractivity contribution in [1.29, 1.82) is 0 Å². The maximum Gasteiger partial charge on any atom is 0.269 e. The van der Waals surface area contributed by atoms with Crippen LogP contribution in [0.25, 0.3) is 11.4 Å². The summed E-state index contributed by atoms with van der Waals surface area (Å²) < 4.78 is 7.77. The van der Waals surface area contributed by atoms with Gasteiger partial charge in [-0.3, -0.25) is 9.89 Å². The van der Waals surface area contributed by atoms with E-state index in [9.17, 15) is 4.79 Å². The number of hydrogen-bond acceptors (Lipinski definition) is 4. The first-order chi connectivity index (χ1) is 13.7. The smallest absolute Gasteiger partial charge is 0.269 e. The molecule has 0 atom stereocenters. The van der Waals surface area contributed by atoms with E-state index in [1.807, 2.05) is 72.4 Å². The summed E-state index contributed by atoms with van der Waals surface area (Å²) in [5.41, 5.74) is 2.82. The van der Waals surface area contributed by atoms with E-state index in [-0.39, 0.29) is 12.5 Å². The molecule has 0 saturated heterocycles. The van der Waals surface area contributed by atoms with Crippen molar-refractivity contribution in [3.63, 3.8) is 0 Å². The van der Waals surface area contributed by atoms with Crippen molar-refractivity contribution in [1.82, 2.24) is 25.1 Å². The van der Waals surface area contributed by atoms with Gasteiger partial charge in [0.05, 0.1) is 5.69 Å². The van der Waals surface area contributed by atoms with Gasteiger partial charge in [0.1, 0.15) is 17.1 Å². The molecule has 0 fully saturated rings. The normalized spacial score (nSPS) is 10.6. The van der Waals surface area contributed by atoms with Gasteiger partial charge in [-0.05, 0) is 36.4 Å².